The zero-order valence-electron chi connectivity index (χ0n) is 16.8. The van der Waals surface area contributed by atoms with Crippen LogP contribution in [0.25, 0.3) is 39.3 Å². The fourth-order valence-electron chi connectivity index (χ4n) is 3.83. The van der Waals surface area contributed by atoms with E-state index in [4.69, 9.17) is 10.7 Å². The SMILES string of the molecule is NC1=CC=C(c2ccc(F)s2)c2nc(-c3n[nH]c4cnc(-c5cncnc5)c(F)c34)[nH]c2C1. The minimum Gasteiger partial charge on any atom is -0.402 e. The van der Waals surface area contributed by atoms with Crippen LogP contribution < -0.4 is 5.73 Å². The molecule has 5 heterocycles. The zero-order valence-corrected chi connectivity index (χ0v) is 17.6. The number of nitrogens with zero attached hydrogens (tertiary/aromatic N) is 5. The molecule has 5 aromatic heterocycles. The van der Waals surface area contributed by atoms with Crippen molar-refractivity contribution in [3.63, 3.8) is 0 Å². The van der Waals surface area contributed by atoms with Crippen molar-refractivity contribution >= 4 is 27.8 Å². The molecule has 4 N–H and O–H groups in total. The van der Waals surface area contributed by atoms with Crippen LogP contribution in [0, 0.1) is 10.9 Å². The predicted octanol–water partition coefficient (Wildman–Crippen LogP) is 3.98. The Morgan fingerprint density at radius 2 is 1.85 bits per heavy atom. The lowest BCUT2D eigenvalue weighted by Gasteiger charge is -2.03. The van der Waals surface area contributed by atoms with Gasteiger partial charge in [-0.05, 0) is 24.3 Å². The molecule has 0 unspecified atom stereocenters. The van der Waals surface area contributed by atoms with Gasteiger partial charge < -0.3 is 10.7 Å². The molecule has 0 fully saturated rings. The first kappa shape index (κ1) is 19.4. The summed E-state index contributed by atoms with van der Waals surface area (Å²) in [7, 11) is 0. The number of H-pyrrole nitrogens is 2. The van der Waals surface area contributed by atoms with Crippen molar-refractivity contribution in [1.29, 1.82) is 0 Å². The molecule has 1 aliphatic carbocycles. The maximum atomic E-state index is 15.6. The molecule has 0 saturated heterocycles. The van der Waals surface area contributed by atoms with E-state index in [1.165, 1.54) is 31.0 Å². The highest BCUT2D eigenvalue weighted by Gasteiger charge is 2.24. The van der Waals surface area contributed by atoms with Gasteiger partial charge in [0, 0.05) is 46.2 Å². The van der Waals surface area contributed by atoms with Crippen LogP contribution in [0.1, 0.15) is 16.3 Å². The highest BCUT2D eigenvalue weighted by Crippen LogP contribution is 2.36. The van der Waals surface area contributed by atoms with Crippen LogP contribution in [-0.2, 0) is 6.42 Å². The van der Waals surface area contributed by atoms with Crippen molar-refractivity contribution in [2.24, 2.45) is 5.73 Å². The van der Waals surface area contributed by atoms with E-state index in [0.29, 0.717) is 45.3 Å². The fourth-order valence-corrected chi connectivity index (χ4v) is 4.59. The number of thiophene rings is 1. The molecule has 0 aromatic carbocycles. The van der Waals surface area contributed by atoms with E-state index in [9.17, 15) is 4.39 Å². The number of nitrogens with two attached hydrogens (primary N) is 1. The van der Waals surface area contributed by atoms with Crippen LogP contribution in [0.5, 0.6) is 0 Å². The Kier molecular flexibility index (Phi) is 4.37. The third-order valence-corrected chi connectivity index (χ3v) is 6.23. The van der Waals surface area contributed by atoms with Gasteiger partial charge in [-0.3, -0.25) is 10.1 Å². The fraction of sp³-hybridized carbons (Fsp3) is 0.0455. The average Bonchev–Trinajstić information content (AvgIpc) is 3.52. The van der Waals surface area contributed by atoms with E-state index in [1.807, 2.05) is 6.08 Å². The summed E-state index contributed by atoms with van der Waals surface area (Å²) in [4.78, 5) is 20.8. The average molecular weight is 460 g/mol. The van der Waals surface area contributed by atoms with Crippen LogP contribution in [0.2, 0.25) is 0 Å². The molecule has 0 radical (unpaired) electrons. The minimum atomic E-state index is -0.562. The van der Waals surface area contributed by atoms with Gasteiger partial charge in [0.15, 0.2) is 16.8 Å². The number of rotatable bonds is 3. The summed E-state index contributed by atoms with van der Waals surface area (Å²) in [5.74, 6) is -0.197. The largest absolute Gasteiger partial charge is 0.402 e. The monoisotopic (exact) mass is 460 g/mol. The van der Waals surface area contributed by atoms with Gasteiger partial charge in [0.1, 0.15) is 17.7 Å². The molecule has 0 atom stereocenters. The number of allylic oxidation sites excluding steroid dienone is 3. The Morgan fingerprint density at radius 3 is 2.64 bits per heavy atom. The van der Waals surface area contributed by atoms with E-state index in [0.717, 1.165) is 22.6 Å². The number of imidazole rings is 1. The number of aromatic nitrogens is 7. The van der Waals surface area contributed by atoms with Crippen molar-refractivity contribution in [2.75, 3.05) is 0 Å². The summed E-state index contributed by atoms with van der Waals surface area (Å²) < 4.78 is 29.3. The first-order valence-electron chi connectivity index (χ1n) is 9.88. The van der Waals surface area contributed by atoms with E-state index in [1.54, 1.807) is 12.1 Å². The molecule has 5 aromatic rings. The molecule has 0 saturated carbocycles. The first-order valence-corrected chi connectivity index (χ1v) is 10.7. The van der Waals surface area contributed by atoms with E-state index in [2.05, 4.69) is 30.1 Å². The van der Waals surface area contributed by atoms with Gasteiger partial charge in [-0.2, -0.15) is 9.49 Å². The topological polar surface area (TPSA) is 122 Å². The van der Waals surface area contributed by atoms with Crippen LogP contribution >= 0.6 is 11.3 Å². The second-order valence-corrected chi connectivity index (χ2v) is 8.46. The maximum absolute atomic E-state index is 15.6. The molecule has 11 heteroatoms. The smallest absolute Gasteiger partial charge is 0.176 e. The lowest BCUT2D eigenvalue weighted by molar-refractivity contribution is 0.638. The number of hydrogen-bond acceptors (Lipinski definition) is 7. The van der Waals surface area contributed by atoms with Gasteiger partial charge in [0.25, 0.3) is 0 Å². The molecule has 0 spiro atoms. The number of fused-ring (bicyclic) bond motifs is 2. The number of nitrogens with one attached hydrogen (secondary N) is 2. The minimum absolute atomic E-state index is 0.112. The third kappa shape index (κ3) is 3.21. The molecular formula is C22H14F2N8S. The summed E-state index contributed by atoms with van der Waals surface area (Å²) in [5.41, 5.74) is 10.1. The van der Waals surface area contributed by atoms with Crippen molar-refractivity contribution in [2.45, 2.75) is 6.42 Å². The van der Waals surface area contributed by atoms with Crippen molar-refractivity contribution in [3.8, 4) is 22.8 Å². The Morgan fingerprint density at radius 1 is 1.00 bits per heavy atom. The molecule has 0 amide bonds. The molecule has 162 valence electrons. The van der Waals surface area contributed by atoms with Gasteiger partial charge in [-0.1, -0.05) is 0 Å². The summed E-state index contributed by atoms with van der Waals surface area (Å²) in [5, 5.41) is 7.05. The Hall–Kier alpha value is -4.25. The molecule has 33 heavy (non-hydrogen) atoms. The van der Waals surface area contributed by atoms with Crippen molar-refractivity contribution in [1.82, 2.24) is 35.1 Å². The predicted molar refractivity (Wildman–Crippen MR) is 120 cm³/mol. The van der Waals surface area contributed by atoms with Gasteiger partial charge in [0.05, 0.1) is 22.8 Å². The lowest BCUT2D eigenvalue weighted by Crippen LogP contribution is -2.01. The maximum Gasteiger partial charge on any atom is 0.176 e. The number of pyridine rings is 1. The summed E-state index contributed by atoms with van der Waals surface area (Å²) in [6.07, 6.45) is 9.87. The number of aromatic amines is 2. The first-order chi connectivity index (χ1) is 16.1. The second kappa shape index (κ2) is 7.41. The van der Waals surface area contributed by atoms with Crippen molar-refractivity contribution in [3.05, 3.63) is 82.1 Å². The molecular weight excluding hydrogens is 446 g/mol. The van der Waals surface area contributed by atoms with Crippen LogP contribution in [0.3, 0.4) is 0 Å². The number of hydrogen-bond donors (Lipinski definition) is 3. The Labute approximate surface area is 189 Å². The van der Waals surface area contributed by atoms with Gasteiger partial charge in [-0.15, -0.1) is 11.3 Å². The van der Waals surface area contributed by atoms with Gasteiger partial charge >= 0.3 is 0 Å². The van der Waals surface area contributed by atoms with E-state index < -0.39 is 5.82 Å². The normalized spacial score (nSPS) is 13.5. The van der Waals surface area contributed by atoms with Crippen LogP contribution in [0.15, 0.2) is 54.9 Å². The molecule has 0 bridgehead atoms. The zero-order chi connectivity index (χ0) is 22.5. The quantitative estimate of drug-likeness (QED) is 0.374. The summed E-state index contributed by atoms with van der Waals surface area (Å²) >= 11 is 1.02. The highest BCUT2D eigenvalue weighted by molar-refractivity contribution is 7.11. The second-order valence-electron chi connectivity index (χ2n) is 7.42. The molecule has 6 rings (SSSR count). The lowest BCUT2D eigenvalue weighted by atomic mass is 10.1. The molecule has 8 nitrogen and oxygen atoms in total. The van der Waals surface area contributed by atoms with Gasteiger partial charge in [-0.25, -0.2) is 19.3 Å². The molecule has 1 aliphatic rings. The summed E-state index contributed by atoms with van der Waals surface area (Å²) in [6, 6.07) is 3.10. The summed E-state index contributed by atoms with van der Waals surface area (Å²) in [6.45, 7) is 0. The highest BCUT2D eigenvalue weighted by atomic mass is 32.1. The Balaban J connectivity index is 1.52. The Bertz CT molecular complexity index is 1580. The van der Waals surface area contributed by atoms with E-state index >= 15 is 4.39 Å². The van der Waals surface area contributed by atoms with Crippen LogP contribution in [0.4, 0.5) is 8.78 Å². The molecule has 0 aliphatic heterocycles. The van der Waals surface area contributed by atoms with Gasteiger partial charge in [0.2, 0.25) is 0 Å². The van der Waals surface area contributed by atoms with Crippen LogP contribution in [-0.4, -0.2) is 35.1 Å². The third-order valence-electron chi connectivity index (χ3n) is 5.32. The van der Waals surface area contributed by atoms with E-state index in [-0.39, 0.29) is 16.2 Å². The number of halogens is 2. The standard InChI is InChI=1S/C22H14F2N8S/c23-16-4-3-15(33-16)12-2-1-11(25)5-13-20(12)30-22(29-13)21-17-14(31-32-21)8-28-19(18(17)24)10-6-26-9-27-7-10/h1-4,6-9H,5,25H2,(H,29,30)(H,31,32). The van der Waals surface area contributed by atoms with Crippen molar-refractivity contribution < 1.29 is 8.78 Å².